The number of carbonyl (C=O) groups is 1. The van der Waals surface area contributed by atoms with Gasteiger partial charge in [0.25, 0.3) is 5.91 Å². The van der Waals surface area contributed by atoms with Crippen molar-refractivity contribution in [3.8, 4) is 11.8 Å². The summed E-state index contributed by atoms with van der Waals surface area (Å²) < 4.78 is 24.1. The Balaban J connectivity index is 1.37. The number of carbonyl (C=O) groups excluding carboxylic acids is 1. The normalized spacial score (nSPS) is 19.3. The number of rotatable bonds is 7. The second-order valence-corrected chi connectivity index (χ2v) is 7.36. The third-order valence-electron chi connectivity index (χ3n) is 4.82. The van der Waals surface area contributed by atoms with Crippen LogP contribution in [0.15, 0.2) is 36.7 Å². The van der Waals surface area contributed by atoms with Crippen LogP contribution in [0.4, 0.5) is 4.39 Å². The molecule has 1 aromatic heterocycles. The van der Waals surface area contributed by atoms with Gasteiger partial charge < -0.3 is 14.8 Å². The molecule has 1 heterocycles. The summed E-state index contributed by atoms with van der Waals surface area (Å²) >= 11 is 0. The van der Waals surface area contributed by atoms with Crippen LogP contribution in [0.25, 0.3) is 0 Å². The number of nitrogens with one attached hydrogen (secondary N) is 1. The van der Waals surface area contributed by atoms with E-state index in [2.05, 4.69) is 29.1 Å². The predicted molar refractivity (Wildman–Crippen MR) is 103 cm³/mol. The molecule has 1 fully saturated rings. The monoisotopic (exact) mass is 387 g/mol. The van der Waals surface area contributed by atoms with Gasteiger partial charge in [0.1, 0.15) is 11.9 Å². The summed E-state index contributed by atoms with van der Waals surface area (Å²) in [4.78, 5) is 19.8. The highest BCUT2D eigenvalue weighted by molar-refractivity contribution is 5.77. The van der Waals surface area contributed by atoms with Gasteiger partial charge in [0.05, 0.1) is 12.4 Å². The molecule has 0 bridgehead atoms. The molecule has 2 aromatic rings. The van der Waals surface area contributed by atoms with Crippen molar-refractivity contribution in [2.24, 2.45) is 0 Å². The minimum atomic E-state index is -0.489. The van der Waals surface area contributed by atoms with E-state index >= 15 is 0 Å². The average Bonchev–Trinajstić information content (AvgIpc) is 2.70. The molecule has 3 rings (SSSR count). The van der Waals surface area contributed by atoms with E-state index in [4.69, 9.17) is 9.47 Å². The topological polar surface area (TPSA) is 73.3 Å². The Labute approximate surface area is 164 Å². The highest BCUT2D eigenvalue weighted by Crippen LogP contribution is 2.22. The van der Waals surface area contributed by atoms with Crippen LogP contribution in [0.5, 0.6) is 11.8 Å². The van der Waals surface area contributed by atoms with Gasteiger partial charge in [-0.25, -0.2) is 14.4 Å². The van der Waals surface area contributed by atoms with E-state index < -0.39 is 5.82 Å². The molecule has 0 radical (unpaired) electrons. The first-order chi connectivity index (χ1) is 13.5. The Morgan fingerprint density at radius 1 is 1.14 bits per heavy atom. The lowest BCUT2D eigenvalue weighted by Crippen LogP contribution is -2.41. The Kier molecular flexibility index (Phi) is 6.79. The second kappa shape index (κ2) is 9.48. The lowest BCUT2D eigenvalue weighted by molar-refractivity contribution is -0.124. The quantitative estimate of drug-likeness (QED) is 0.785. The molecule has 1 saturated carbocycles. The van der Waals surface area contributed by atoms with Crippen LogP contribution >= 0.6 is 0 Å². The summed E-state index contributed by atoms with van der Waals surface area (Å²) in [7, 11) is 0. The van der Waals surface area contributed by atoms with E-state index in [1.165, 1.54) is 5.56 Å². The summed E-state index contributed by atoms with van der Waals surface area (Å²) in [6.07, 6.45) is 5.33. The molecule has 1 aliphatic rings. The third-order valence-corrected chi connectivity index (χ3v) is 4.82. The zero-order valence-corrected chi connectivity index (χ0v) is 16.2. The summed E-state index contributed by atoms with van der Waals surface area (Å²) in [6, 6.07) is 8.11. The smallest absolute Gasteiger partial charge is 0.316 e. The minimum absolute atomic E-state index is 0.000866. The number of benzene rings is 1. The van der Waals surface area contributed by atoms with Gasteiger partial charge in [0.2, 0.25) is 0 Å². The van der Waals surface area contributed by atoms with E-state index in [-0.39, 0.29) is 30.7 Å². The maximum atomic E-state index is 12.8. The summed E-state index contributed by atoms with van der Waals surface area (Å²) in [5.41, 5.74) is 1.24. The van der Waals surface area contributed by atoms with Crippen LogP contribution in [-0.2, 0) is 4.79 Å². The molecular weight excluding hydrogens is 361 g/mol. The van der Waals surface area contributed by atoms with Gasteiger partial charge in [-0.1, -0.05) is 26.0 Å². The van der Waals surface area contributed by atoms with E-state index in [0.29, 0.717) is 11.7 Å². The zero-order chi connectivity index (χ0) is 19.9. The maximum Gasteiger partial charge on any atom is 0.316 e. The number of hydrogen-bond donors (Lipinski definition) is 1. The number of hydrogen-bond acceptors (Lipinski definition) is 5. The maximum absolute atomic E-state index is 12.8. The number of nitrogens with zero attached hydrogens (tertiary/aromatic N) is 2. The van der Waals surface area contributed by atoms with Gasteiger partial charge in [-0.2, -0.15) is 0 Å². The lowest BCUT2D eigenvalue weighted by atomic mass is 9.93. The van der Waals surface area contributed by atoms with E-state index in [1.54, 1.807) is 0 Å². The fourth-order valence-corrected chi connectivity index (χ4v) is 3.20. The van der Waals surface area contributed by atoms with Crippen LogP contribution in [0.1, 0.15) is 51.0 Å². The number of amides is 1. The molecule has 0 spiro atoms. The second-order valence-electron chi connectivity index (χ2n) is 7.36. The third kappa shape index (κ3) is 5.90. The van der Waals surface area contributed by atoms with Crippen LogP contribution in [0.3, 0.4) is 0 Å². The molecule has 1 amide bonds. The number of ether oxygens (including phenoxy) is 2. The van der Waals surface area contributed by atoms with Crippen molar-refractivity contribution in [1.82, 2.24) is 15.3 Å². The van der Waals surface area contributed by atoms with Crippen LogP contribution < -0.4 is 14.8 Å². The van der Waals surface area contributed by atoms with Crippen molar-refractivity contribution in [2.75, 3.05) is 6.61 Å². The van der Waals surface area contributed by atoms with E-state index in [1.807, 2.05) is 24.3 Å². The van der Waals surface area contributed by atoms with Crippen LogP contribution in [0, 0.1) is 5.82 Å². The van der Waals surface area contributed by atoms with Crippen molar-refractivity contribution in [3.63, 3.8) is 0 Å². The Hall–Kier alpha value is -2.70. The highest BCUT2D eigenvalue weighted by Gasteiger charge is 2.24. The van der Waals surface area contributed by atoms with Gasteiger partial charge >= 0.3 is 6.01 Å². The van der Waals surface area contributed by atoms with E-state index in [9.17, 15) is 9.18 Å². The van der Waals surface area contributed by atoms with Crippen LogP contribution in [0.2, 0.25) is 0 Å². The Bertz CT molecular complexity index is 757. The molecule has 1 N–H and O–H groups in total. The first-order valence-electron chi connectivity index (χ1n) is 9.66. The SMILES string of the molecule is CC(C)c1ccc(OCC(=O)NC2CCC(Oc3ncc(F)cn3)CC2)cc1. The van der Waals surface area contributed by atoms with E-state index in [0.717, 1.165) is 38.1 Å². The molecule has 1 aliphatic carbocycles. The first kappa shape index (κ1) is 20.0. The zero-order valence-electron chi connectivity index (χ0n) is 16.2. The van der Waals surface area contributed by atoms with Gasteiger partial charge in [-0.05, 0) is 49.3 Å². The molecular formula is C21H26FN3O3. The van der Waals surface area contributed by atoms with Gasteiger partial charge in [-0.3, -0.25) is 4.79 Å². The largest absolute Gasteiger partial charge is 0.484 e. The van der Waals surface area contributed by atoms with Crippen molar-refractivity contribution in [1.29, 1.82) is 0 Å². The average molecular weight is 387 g/mol. The molecule has 0 unspecified atom stereocenters. The highest BCUT2D eigenvalue weighted by atomic mass is 19.1. The predicted octanol–water partition coefficient (Wildman–Crippen LogP) is 3.62. The lowest BCUT2D eigenvalue weighted by Gasteiger charge is -2.28. The molecule has 0 aliphatic heterocycles. The number of halogens is 1. The molecule has 1 aromatic carbocycles. The van der Waals surface area contributed by atoms with Gasteiger partial charge in [0.15, 0.2) is 12.4 Å². The van der Waals surface area contributed by atoms with Crippen molar-refractivity contribution in [2.45, 2.75) is 57.6 Å². The van der Waals surface area contributed by atoms with Gasteiger partial charge in [-0.15, -0.1) is 0 Å². The summed E-state index contributed by atoms with van der Waals surface area (Å²) in [6.45, 7) is 4.27. The standard InChI is InChI=1S/C21H26FN3O3/c1-14(2)15-3-7-18(8-4-15)27-13-20(26)25-17-5-9-19(10-6-17)28-21-23-11-16(22)12-24-21/h3-4,7-8,11-12,14,17,19H,5-6,9-10,13H2,1-2H3,(H,25,26). The molecule has 7 heteroatoms. The van der Waals surface area contributed by atoms with Gasteiger partial charge in [0, 0.05) is 6.04 Å². The molecule has 6 nitrogen and oxygen atoms in total. The fourth-order valence-electron chi connectivity index (χ4n) is 3.20. The fraction of sp³-hybridized carbons (Fsp3) is 0.476. The molecule has 0 atom stereocenters. The van der Waals surface area contributed by atoms with Crippen molar-refractivity contribution in [3.05, 3.63) is 48.0 Å². The Morgan fingerprint density at radius 2 is 1.79 bits per heavy atom. The molecule has 0 saturated heterocycles. The first-order valence-corrected chi connectivity index (χ1v) is 9.66. The van der Waals surface area contributed by atoms with Crippen molar-refractivity contribution < 1.29 is 18.7 Å². The molecule has 150 valence electrons. The minimum Gasteiger partial charge on any atom is -0.484 e. The Morgan fingerprint density at radius 3 is 2.39 bits per heavy atom. The summed E-state index contributed by atoms with van der Waals surface area (Å²) in [5, 5.41) is 3.01. The summed E-state index contributed by atoms with van der Waals surface area (Å²) in [5.74, 6) is 0.540. The molecule has 28 heavy (non-hydrogen) atoms. The van der Waals surface area contributed by atoms with Crippen molar-refractivity contribution >= 4 is 5.91 Å². The van der Waals surface area contributed by atoms with Crippen LogP contribution in [-0.4, -0.2) is 34.6 Å². The number of aromatic nitrogens is 2.